The number of carbonyl (C=O) groups is 1. The lowest BCUT2D eigenvalue weighted by Gasteiger charge is -2.40. The first-order valence-electron chi connectivity index (χ1n) is 8.61. The number of pyridine rings is 2. The van der Waals surface area contributed by atoms with Crippen molar-refractivity contribution in [3.63, 3.8) is 0 Å². The molecule has 0 aliphatic carbocycles. The molecule has 2 aliphatic heterocycles. The van der Waals surface area contributed by atoms with Gasteiger partial charge in [-0.05, 0) is 43.5 Å². The second-order valence-corrected chi connectivity index (χ2v) is 6.93. The topological polar surface area (TPSA) is 49.3 Å². The van der Waals surface area contributed by atoms with E-state index in [2.05, 4.69) is 20.9 Å². The van der Waals surface area contributed by atoms with E-state index in [9.17, 15) is 4.79 Å². The van der Waals surface area contributed by atoms with Crippen molar-refractivity contribution < 1.29 is 4.79 Å². The fourth-order valence-corrected chi connectivity index (χ4v) is 4.06. The number of carbonyl (C=O) groups excluding carboxylic acids is 1. The van der Waals surface area contributed by atoms with E-state index < -0.39 is 0 Å². The molecule has 2 aliphatic rings. The van der Waals surface area contributed by atoms with Crippen LogP contribution >= 0.6 is 0 Å². The minimum Gasteiger partial charge on any atom is -0.356 e. The highest BCUT2D eigenvalue weighted by atomic mass is 16.2. The number of piperidine rings is 1. The SMILES string of the molecule is O=C(c1cccnc1)N1CCCC2(CCN(c3ccccn3)C2)C1. The standard InChI is InChI=1S/C19H22N4O/c24-18(16-5-3-9-20-13-16)23-11-4-7-19(15-23)8-12-22(14-19)17-6-1-2-10-21-17/h1-3,5-6,9-10,13H,4,7-8,11-12,14-15H2. The molecule has 1 amide bonds. The first-order chi connectivity index (χ1) is 11.8. The summed E-state index contributed by atoms with van der Waals surface area (Å²) in [5.74, 6) is 1.16. The third-order valence-electron chi connectivity index (χ3n) is 5.27. The zero-order chi connectivity index (χ0) is 16.4. The first-order valence-corrected chi connectivity index (χ1v) is 8.61. The van der Waals surface area contributed by atoms with E-state index in [0.717, 1.165) is 44.8 Å². The van der Waals surface area contributed by atoms with Gasteiger partial charge in [-0.3, -0.25) is 9.78 Å². The van der Waals surface area contributed by atoms with Gasteiger partial charge in [-0.25, -0.2) is 4.98 Å². The summed E-state index contributed by atoms with van der Waals surface area (Å²) in [6.07, 6.45) is 8.60. The highest BCUT2D eigenvalue weighted by Gasteiger charge is 2.42. The van der Waals surface area contributed by atoms with Gasteiger partial charge >= 0.3 is 0 Å². The number of hydrogen-bond donors (Lipinski definition) is 0. The van der Waals surface area contributed by atoms with Crippen molar-refractivity contribution in [3.05, 3.63) is 54.5 Å². The van der Waals surface area contributed by atoms with Crippen LogP contribution in [-0.2, 0) is 0 Å². The van der Waals surface area contributed by atoms with Gasteiger partial charge in [0.25, 0.3) is 5.91 Å². The van der Waals surface area contributed by atoms with Crippen LogP contribution in [0.2, 0.25) is 0 Å². The highest BCUT2D eigenvalue weighted by Crippen LogP contribution is 2.40. The molecule has 2 aromatic heterocycles. The lowest BCUT2D eigenvalue weighted by molar-refractivity contribution is 0.0556. The Morgan fingerprint density at radius 3 is 2.79 bits per heavy atom. The van der Waals surface area contributed by atoms with Crippen molar-refractivity contribution in [2.24, 2.45) is 5.41 Å². The summed E-state index contributed by atoms with van der Waals surface area (Å²) in [7, 11) is 0. The maximum absolute atomic E-state index is 12.8. The molecule has 5 heteroatoms. The number of hydrogen-bond acceptors (Lipinski definition) is 4. The fourth-order valence-electron chi connectivity index (χ4n) is 4.06. The number of anilines is 1. The quantitative estimate of drug-likeness (QED) is 0.853. The maximum atomic E-state index is 12.8. The number of nitrogens with zero attached hydrogens (tertiary/aromatic N) is 4. The van der Waals surface area contributed by atoms with Crippen molar-refractivity contribution >= 4 is 11.7 Å². The van der Waals surface area contributed by atoms with Gasteiger partial charge in [-0.15, -0.1) is 0 Å². The predicted octanol–water partition coefficient (Wildman–Crippen LogP) is 2.61. The smallest absolute Gasteiger partial charge is 0.255 e. The summed E-state index contributed by atoms with van der Waals surface area (Å²) >= 11 is 0. The van der Waals surface area contributed by atoms with E-state index in [1.54, 1.807) is 12.4 Å². The zero-order valence-electron chi connectivity index (χ0n) is 13.8. The van der Waals surface area contributed by atoms with Crippen LogP contribution in [0, 0.1) is 5.41 Å². The van der Waals surface area contributed by atoms with Crippen LogP contribution in [0.3, 0.4) is 0 Å². The molecule has 2 fully saturated rings. The molecule has 0 aromatic carbocycles. The molecule has 1 spiro atoms. The average molecular weight is 322 g/mol. The summed E-state index contributed by atoms with van der Waals surface area (Å²) < 4.78 is 0. The predicted molar refractivity (Wildman–Crippen MR) is 92.9 cm³/mol. The fraction of sp³-hybridized carbons (Fsp3) is 0.421. The van der Waals surface area contributed by atoms with E-state index in [0.29, 0.717) is 5.56 Å². The molecule has 0 bridgehead atoms. The van der Waals surface area contributed by atoms with Gasteiger partial charge in [-0.2, -0.15) is 0 Å². The van der Waals surface area contributed by atoms with Crippen molar-refractivity contribution in [2.45, 2.75) is 19.3 Å². The summed E-state index contributed by atoms with van der Waals surface area (Å²) in [5.41, 5.74) is 0.891. The molecule has 1 unspecified atom stereocenters. The van der Waals surface area contributed by atoms with Crippen LogP contribution in [0.4, 0.5) is 5.82 Å². The van der Waals surface area contributed by atoms with E-state index in [1.807, 2.05) is 35.4 Å². The molecular weight excluding hydrogens is 300 g/mol. The minimum atomic E-state index is 0.110. The van der Waals surface area contributed by atoms with E-state index in [1.165, 1.54) is 6.42 Å². The van der Waals surface area contributed by atoms with Crippen LogP contribution in [0.1, 0.15) is 29.6 Å². The van der Waals surface area contributed by atoms with E-state index >= 15 is 0 Å². The van der Waals surface area contributed by atoms with Gasteiger partial charge in [0, 0.05) is 50.2 Å². The molecular formula is C19H22N4O. The molecule has 4 heterocycles. The first kappa shape index (κ1) is 15.1. The van der Waals surface area contributed by atoms with Crippen LogP contribution in [0.25, 0.3) is 0 Å². The Labute approximate surface area is 142 Å². The Hall–Kier alpha value is -2.43. The second kappa shape index (κ2) is 6.23. The monoisotopic (exact) mass is 322 g/mol. The Balaban J connectivity index is 1.48. The van der Waals surface area contributed by atoms with E-state index in [-0.39, 0.29) is 11.3 Å². The lowest BCUT2D eigenvalue weighted by Crippen LogP contribution is -2.47. The molecule has 24 heavy (non-hydrogen) atoms. The number of amides is 1. The summed E-state index contributed by atoms with van der Waals surface area (Å²) in [6.45, 7) is 3.69. The van der Waals surface area contributed by atoms with Crippen molar-refractivity contribution in [1.29, 1.82) is 0 Å². The lowest BCUT2D eigenvalue weighted by atomic mass is 9.79. The normalized spacial score (nSPS) is 23.7. The van der Waals surface area contributed by atoms with Crippen molar-refractivity contribution in [3.8, 4) is 0 Å². The molecule has 5 nitrogen and oxygen atoms in total. The highest BCUT2D eigenvalue weighted by molar-refractivity contribution is 5.94. The molecule has 4 rings (SSSR count). The molecule has 0 radical (unpaired) electrons. The van der Waals surface area contributed by atoms with Gasteiger partial charge in [-0.1, -0.05) is 6.07 Å². The van der Waals surface area contributed by atoms with Crippen LogP contribution in [0.5, 0.6) is 0 Å². The Kier molecular flexibility index (Phi) is 3.92. The Morgan fingerprint density at radius 1 is 1.04 bits per heavy atom. The third-order valence-corrected chi connectivity index (χ3v) is 5.27. The van der Waals surface area contributed by atoms with Crippen LogP contribution in [0.15, 0.2) is 48.9 Å². The van der Waals surface area contributed by atoms with Gasteiger partial charge in [0.05, 0.1) is 5.56 Å². The second-order valence-electron chi connectivity index (χ2n) is 6.93. The Bertz CT molecular complexity index is 706. The van der Waals surface area contributed by atoms with Gasteiger partial charge in [0.2, 0.25) is 0 Å². The van der Waals surface area contributed by atoms with Crippen LogP contribution in [-0.4, -0.2) is 47.0 Å². The molecule has 124 valence electrons. The van der Waals surface area contributed by atoms with Gasteiger partial charge in [0.1, 0.15) is 5.82 Å². The minimum absolute atomic E-state index is 0.110. The summed E-state index contributed by atoms with van der Waals surface area (Å²) in [6, 6.07) is 9.73. The average Bonchev–Trinajstić information content (AvgIpc) is 3.06. The molecule has 2 saturated heterocycles. The summed E-state index contributed by atoms with van der Waals surface area (Å²) in [5, 5.41) is 0. The largest absolute Gasteiger partial charge is 0.356 e. The van der Waals surface area contributed by atoms with Crippen molar-refractivity contribution in [2.75, 3.05) is 31.1 Å². The zero-order valence-corrected chi connectivity index (χ0v) is 13.8. The maximum Gasteiger partial charge on any atom is 0.255 e. The number of likely N-dealkylation sites (tertiary alicyclic amines) is 1. The molecule has 0 N–H and O–H groups in total. The summed E-state index contributed by atoms with van der Waals surface area (Å²) in [4.78, 5) is 25.7. The van der Waals surface area contributed by atoms with Crippen LogP contribution < -0.4 is 4.90 Å². The number of rotatable bonds is 2. The molecule has 2 aromatic rings. The van der Waals surface area contributed by atoms with Gasteiger partial charge < -0.3 is 9.80 Å². The third kappa shape index (κ3) is 2.86. The van der Waals surface area contributed by atoms with E-state index in [4.69, 9.17) is 0 Å². The molecule has 0 saturated carbocycles. The Morgan fingerprint density at radius 2 is 2.00 bits per heavy atom. The van der Waals surface area contributed by atoms with Crippen molar-refractivity contribution in [1.82, 2.24) is 14.9 Å². The molecule has 1 atom stereocenters. The number of aromatic nitrogens is 2. The van der Waals surface area contributed by atoms with Gasteiger partial charge in [0.15, 0.2) is 0 Å².